The van der Waals surface area contributed by atoms with E-state index in [0.29, 0.717) is 12.5 Å². The normalized spacial score (nSPS) is 12.5. The van der Waals surface area contributed by atoms with Crippen LogP contribution in [0.3, 0.4) is 0 Å². The Labute approximate surface area is 125 Å². The fourth-order valence-corrected chi connectivity index (χ4v) is 2.16. The molecule has 0 aliphatic carbocycles. The first kappa shape index (κ1) is 15.4. The van der Waals surface area contributed by atoms with Crippen molar-refractivity contribution in [2.24, 2.45) is 5.73 Å². The van der Waals surface area contributed by atoms with Crippen molar-refractivity contribution in [3.05, 3.63) is 41.7 Å². The van der Waals surface area contributed by atoms with Gasteiger partial charge in [0.25, 0.3) is 0 Å². The molecule has 0 fully saturated rings. The zero-order chi connectivity index (χ0) is 15.4. The maximum atomic E-state index is 6.30. The standard InChI is InChI=1S/C16H23N3O2/c1-11(2)19-6-5-13(18-19)9-16(17)12-7-14(20-3)10-15(8-12)21-4/h5-8,10-11,16H,9,17H2,1-4H3. The van der Waals surface area contributed by atoms with E-state index in [2.05, 4.69) is 18.9 Å². The summed E-state index contributed by atoms with van der Waals surface area (Å²) in [6, 6.07) is 7.93. The molecular formula is C16H23N3O2. The molecule has 0 saturated heterocycles. The predicted molar refractivity (Wildman–Crippen MR) is 82.8 cm³/mol. The number of nitrogens with zero attached hydrogens (tertiary/aromatic N) is 2. The number of hydrogen-bond donors (Lipinski definition) is 1. The van der Waals surface area contributed by atoms with Gasteiger partial charge >= 0.3 is 0 Å². The van der Waals surface area contributed by atoms with E-state index >= 15 is 0 Å². The summed E-state index contributed by atoms with van der Waals surface area (Å²) in [6.45, 7) is 4.20. The first-order valence-electron chi connectivity index (χ1n) is 7.06. The number of benzene rings is 1. The summed E-state index contributed by atoms with van der Waals surface area (Å²) in [5.74, 6) is 1.49. The Morgan fingerprint density at radius 2 is 1.76 bits per heavy atom. The van der Waals surface area contributed by atoms with Crippen molar-refractivity contribution in [2.75, 3.05) is 14.2 Å². The molecule has 21 heavy (non-hydrogen) atoms. The first-order chi connectivity index (χ1) is 10.0. The number of aromatic nitrogens is 2. The summed E-state index contributed by atoms with van der Waals surface area (Å²) in [5.41, 5.74) is 8.26. The Balaban J connectivity index is 2.16. The minimum Gasteiger partial charge on any atom is -0.497 e. The van der Waals surface area contributed by atoms with E-state index < -0.39 is 0 Å². The SMILES string of the molecule is COc1cc(OC)cc(C(N)Cc2ccn(C(C)C)n2)c1. The summed E-state index contributed by atoms with van der Waals surface area (Å²) in [6.07, 6.45) is 2.66. The Bertz CT molecular complexity index is 571. The van der Waals surface area contributed by atoms with Crippen LogP contribution in [-0.4, -0.2) is 24.0 Å². The summed E-state index contributed by atoms with van der Waals surface area (Å²) in [7, 11) is 3.27. The van der Waals surface area contributed by atoms with Crippen LogP contribution in [0, 0.1) is 0 Å². The van der Waals surface area contributed by atoms with E-state index in [-0.39, 0.29) is 6.04 Å². The van der Waals surface area contributed by atoms with Crippen molar-refractivity contribution in [1.82, 2.24) is 9.78 Å². The van der Waals surface area contributed by atoms with Crippen molar-refractivity contribution in [3.8, 4) is 11.5 Å². The zero-order valence-corrected chi connectivity index (χ0v) is 13.0. The fraction of sp³-hybridized carbons (Fsp3) is 0.438. The molecule has 1 aromatic carbocycles. The Morgan fingerprint density at radius 3 is 2.24 bits per heavy atom. The number of ether oxygens (including phenoxy) is 2. The Kier molecular flexibility index (Phi) is 4.85. The van der Waals surface area contributed by atoms with Gasteiger partial charge in [-0.15, -0.1) is 0 Å². The van der Waals surface area contributed by atoms with Crippen LogP contribution < -0.4 is 15.2 Å². The van der Waals surface area contributed by atoms with Gasteiger partial charge in [-0.2, -0.15) is 5.10 Å². The van der Waals surface area contributed by atoms with Gasteiger partial charge in [0.05, 0.1) is 19.9 Å². The first-order valence-corrected chi connectivity index (χ1v) is 7.06. The van der Waals surface area contributed by atoms with Gasteiger partial charge < -0.3 is 15.2 Å². The van der Waals surface area contributed by atoms with Crippen molar-refractivity contribution in [2.45, 2.75) is 32.4 Å². The van der Waals surface area contributed by atoms with E-state index in [4.69, 9.17) is 15.2 Å². The summed E-state index contributed by atoms with van der Waals surface area (Å²) >= 11 is 0. The van der Waals surface area contributed by atoms with E-state index in [1.54, 1.807) is 14.2 Å². The highest BCUT2D eigenvalue weighted by Gasteiger charge is 2.12. The average molecular weight is 289 g/mol. The van der Waals surface area contributed by atoms with E-state index in [0.717, 1.165) is 22.8 Å². The molecule has 2 N–H and O–H groups in total. The van der Waals surface area contributed by atoms with Crippen LogP contribution in [0.4, 0.5) is 0 Å². The topological polar surface area (TPSA) is 62.3 Å². The molecule has 1 atom stereocenters. The van der Waals surface area contributed by atoms with Gasteiger partial charge in [0.2, 0.25) is 0 Å². The third-order valence-electron chi connectivity index (χ3n) is 3.42. The molecule has 0 aliphatic heterocycles. The van der Waals surface area contributed by atoms with Gasteiger partial charge in [-0.25, -0.2) is 0 Å². The van der Waals surface area contributed by atoms with Crippen LogP contribution in [0.5, 0.6) is 11.5 Å². The lowest BCUT2D eigenvalue weighted by molar-refractivity contribution is 0.392. The second-order valence-corrected chi connectivity index (χ2v) is 5.34. The monoisotopic (exact) mass is 289 g/mol. The zero-order valence-electron chi connectivity index (χ0n) is 13.0. The van der Waals surface area contributed by atoms with Crippen LogP contribution in [0.25, 0.3) is 0 Å². The molecule has 1 unspecified atom stereocenters. The Morgan fingerprint density at radius 1 is 1.14 bits per heavy atom. The number of hydrogen-bond acceptors (Lipinski definition) is 4. The highest BCUT2D eigenvalue weighted by Crippen LogP contribution is 2.27. The maximum absolute atomic E-state index is 6.30. The molecule has 0 spiro atoms. The summed E-state index contributed by atoms with van der Waals surface area (Å²) in [5, 5.41) is 4.53. The fourth-order valence-electron chi connectivity index (χ4n) is 2.16. The van der Waals surface area contributed by atoms with Crippen LogP contribution in [0.15, 0.2) is 30.5 Å². The molecule has 114 valence electrons. The minimum absolute atomic E-state index is 0.149. The minimum atomic E-state index is -0.149. The molecule has 5 heteroatoms. The highest BCUT2D eigenvalue weighted by molar-refractivity contribution is 5.40. The highest BCUT2D eigenvalue weighted by atomic mass is 16.5. The average Bonchev–Trinajstić information content (AvgIpc) is 2.95. The number of nitrogens with two attached hydrogens (primary N) is 1. The number of rotatable bonds is 6. The number of methoxy groups -OCH3 is 2. The summed E-state index contributed by atoms with van der Waals surface area (Å²) in [4.78, 5) is 0. The molecule has 5 nitrogen and oxygen atoms in total. The van der Waals surface area contributed by atoms with Gasteiger partial charge in [0, 0.05) is 30.8 Å². The molecule has 0 aliphatic rings. The Hall–Kier alpha value is -2.01. The quantitative estimate of drug-likeness (QED) is 0.888. The third-order valence-corrected chi connectivity index (χ3v) is 3.42. The van der Waals surface area contributed by atoms with E-state index in [1.165, 1.54) is 0 Å². The largest absolute Gasteiger partial charge is 0.497 e. The van der Waals surface area contributed by atoms with Gasteiger partial charge in [-0.05, 0) is 37.6 Å². The van der Waals surface area contributed by atoms with Crippen molar-refractivity contribution < 1.29 is 9.47 Å². The van der Waals surface area contributed by atoms with Gasteiger partial charge in [-0.3, -0.25) is 4.68 Å². The van der Waals surface area contributed by atoms with Crippen LogP contribution in [0.1, 0.15) is 37.2 Å². The van der Waals surface area contributed by atoms with Crippen LogP contribution in [-0.2, 0) is 6.42 Å². The lowest BCUT2D eigenvalue weighted by atomic mass is 10.0. The second-order valence-electron chi connectivity index (χ2n) is 5.34. The third kappa shape index (κ3) is 3.76. The van der Waals surface area contributed by atoms with E-state index in [9.17, 15) is 0 Å². The molecule has 0 amide bonds. The second kappa shape index (κ2) is 6.63. The van der Waals surface area contributed by atoms with Gasteiger partial charge in [0.15, 0.2) is 0 Å². The molecule has 0 saturated carbocycles. The summed E-state index contributed by atoms with van der Waals surface area (Å²) < 4.78 is 12.5. The molecule has 2 rings (SSSR count). The smallest absolute Gasteiger partial charge is 0.122 e. The van der Waals surface area contributed by atoms with E-state index in [1.807, 2.05) is 35.1 Å². The molecular weight excluding hydrogens is 266 g/mol. The maximum Gasteiger partial charge on any atom is 0.122 e. The molecule has 1 heterocycles. The lowest BCUT2D eigenvalue weighted by Crippen LogP contribution is -2.14. The van der Waals surface area contributed by atoms with Crippen LogP contribution in [0.2, 0.25) is 0 Å². The molecule has 0 radical (unpaired) electrons. The van der Waals surface area contributed by atoms with Crippen molar-refractivity contribution >= 4 is 0 Å². The van der Waals surface area contributed by atoms with Gasteiger partial charge in [0.1, 0.15) is 11.5 Å². The molecule has 1 aromatic heterocycles. The van der Waals surface area contributed by atoms with Crippen molar-refractivity contribution in [1.29, 1.82) is 0 Å². The van der Waals surface area contributed by atoms with Gasteiger partial charge in [-0.1, -0.05) is 0 Å². The molecule has 0 bridgehead atoms. The predicted octanol–water partition coefficient (Wildman–Crippen LogP) is 2.72. The van der Waals surface area contributed by atoms with Crippen molar-refractivity contribution in [3.63, 3.8) is 0 Å². The van der Waals surface area contributed by atoms with Crippen LogP contribution >= 0.6 is 0 Å². The lowest BCUT2D eigenvalue weighted by Gasteiger charge is -2.14. The molecule has 2 aromatic rings.